The number of rotatable bonds is 2. The van der Waals surface area contributed by atoms with E-state index in [0.29, 0.717) is 0 Å². The van der Waals surface area contributed by atoms with E-state index in [0.717, 1.165) is 23.7 Å². The summed E-state index contributed by atoms with van der Waals surface area (Å²) in [5, 5.41) is 0. The summed E-state index contributed by atoms with van der Waals surface area (Å²) in [7, 11) is 9.87. The quantitative estimate of drug-likeness (QED) is 0.401. The first kappa shape index (κ1) is 27.3. The van der Waals surface area contributed by atoms with Crippen molar-refractivity contribution in [3.63, 3.8) is 0 Å². The van der Waals surface area contributed by atoms with Crippen LogP contribution in [0.15, 0.2) is 0 Å². The van der Waals surface area contributed by atoms with Gasteiger partial charge in [-0.3, -0.25) is 0 Å². The van der Waals surface area contributed by atoms with Gasteiger partial charge in [0.25, 0.3) is 0 Å². The van der Waals surface area contributed by atoms with Crippen molar-refractivity contribution in [3.8, 4) is 0 Å². The Kier molecular flexibility index (Phi) is 23.2. The molecule has 2 saturated carbocycles. The van der Waals surface area contributed by atoms with Crippen molar-refractivity contribution >= 4 is 17.0 Å². The van der Waals surface area contributed by atoms with Crippen LogP contribution in [0.25, 0.3) is 0 Å². The summed E-state index contributed by atoms with van der Waals surface area (Å²) in [6, 6.07) is 0. The van der Waals surface area contributed by atoms with Crippen LogP contribution >= 0.6 is 17.0 Å². The first-order valence-electron chi connectivity index (χ1n) is 7.99. The van der Waals surface area contributed by atoms with Gasteiger partial charge in [-0.25, -0.2) is 0 Å². The van der Waals surface area contributed by atoms with Crippen molar-refractivity contribution in [1.29, 1.82) is 0 Å². The Hall–Kier alpha value is 1.46. The maximum atomic E-state index is 4.93. The van der Waals surface area contributed by atoms with Crippen LogP contribution < -0.4 is 0 Å². The number of hydrogen-bond acceptors (Lipinski definition) is 0. The third-order valence-electron chi connectivity index (χ3n) is 4.69. The molecule has 0 amide bonds. The Bertz CT molecular complexity index is 164. The van der Waals surface area contributed by atoms with Gasteiger partial charge in [0.2, 0.25) is 0 Å². The second kappa shape index (κ2) is 17.8. The SMILES string of the molecule is CC(C)C1CCCC1.CC(C)C1CCCC1.[CH3-].[CH3-].[Cl][Zr+2][Cl]. The van der Waals surface area contributed by atoms with Crippen molar-refractivity contribution in [2.24, 2.45) is 23.7 Å². The molecule has 0 heterocycles. The molecule has 0 aromatic heterocycles. The van der Waals surface area contributed by atoms with Crippen LogP contribution in [0.4, 0.5) is 0 Å². The summed E-state index contributed by atoms with van der Waals surface area (Å²) in [6.07, 6.45) is 11.9. The van der Waals surface area contributed by atoms with Crippen LogP contribution in [-0.4, -0.2) is 0 Å². The van der Waals surface area contributed by atoms with Gasteiger partial charge in [0.1, 0.15) is 0 Å². The molecular weight excluding hydrogens is 378 g/mol. The number of hydrogen-bond donors (Lipinski definition) is 0. The molecule has 0 unspecified atom stereocenters. The van der Waals surface area contributed by atoms with Gasteiger partial charge in [0, 0.05) is 0 Å². The summed E-state index contributed by atoms with van der Waals surface area (Å²) in [5.74, 6) is 4.01. The third kappa shape index (κ3) is 14.8. The van der Waals surface area contributed by atoms with Crippen molar-refractivity contribution in [3.05, 3.63) is 14.9 Å². The Morgan fingerprint density at radius 1 is 0.667 bits per heavy atom. The normalized spacial score (nSPS) is 17.9. The van der Waals surface area contributed by atoms with Gasteiger partial charge in [-0.2, -0.15) is 0 Å². The van der Waals surface area contributed by atoms with Crippen LogP contribution in [0.3, 0.4) is 0 Å². The van der Waals surface area contributed by atoms with Gasteiger partial charge < -0.3 is 14.9 Å². The van der Waals surface area contributed by atoms with Crippen molar-refractivity contribution < 1.29 is 20.8 Å². The zero-order valence-electron chi connectivity index (χ0n) is 15.2. The van der Waals surface area contributed by atoms with Crippen molar-refractivity contribution in [2.45, 2.75) is 79.1 Å². The van der Waals surface area contributed by atoms with Crippen LogP contribution in [0.5, 0.6) is 0 Å². The molecule has 2 fully saturated rings. The van der Waals surface area contributed by atoms with E-state index in [1.54, 1.807) is 0 Å². The topological polar surface area (TPSA) is 0 Å². The van der Waals surface area contributed by atoms with E-state index < -0.39 is 20.8 Å². The van der Waals surface area contributed by atoms with E-state index in [2.05, 4.69) is 27.7 Å². The summed E-state index contributed by atoms with van der Waals surface area (Å²) in [4.78, 5) is 0. The molecule has 0 atom stereocenters. The van der Waals surface area contributed by atoms with Crippen LogP contribution in [-0.2, 0) is 20.8 Å². The Morgan fingerprint density at radius 3 is 0.952 bits per heavy atom. The molecule has 0 aromatic rings. The predicted molar refractivity (Wildman–Crippen MR) is 98.1 cm³/mol. The fourth-order valence-corrected chi connectivity index (χ4v) is 3.25. The first-order chi connectivity index (χ1) is 9.02. The Morgan fingerprint density at radius 2 is 0.857 bits per heavy atom. The van der Waals surface area contributed by atoms with Crippen molar-refractivity contribution in [1.82, 2.24) is 0 Å². The standard InChI is InChI=1S/2C8H16.2CH3.2ClH.Zr/c2*1-7(2)8-5-3-4-6-8;;;;;/h2*7-8H,3-6H2,1-2H3;2*1H3;2*1H;/q;;2*-1;;;+4/p-2. The molecule has 0 nitrogen and oxygen atoms in total. The van der Waals surface area contributed by atoms with Gasteiger partial charge in [0.05, 0.1) is 0 Å². The molecule has 0 spiro atoms. The molecule has 21 heavy (non-hydrogen) atoms. The average Bonchev–Trinajstić information content (AvgIpc) is 3.05. The summed E-state index contributed by atoms with van der Waals surface area (Å²) in [6.45, 7) is 9.37. The third-order valence-corrected chi connectivity index (χ3v) is 4.69. The number of halogens is 2. The minimum absolute atomic E-state index is 0. The molecule has 128 valence electrons. The second-order valence-electron chi connectivity index (χ2n) is 6.65. The molecule has 0 bridgehead atoms. The monoisotopic (exact) mass is 414 g/mol. The maximum absolute atomic E-state index is 4.93. The summed E-state index contributed by atoms with van der Waals surface area (Å²) in [5.41, 5.74) is 0. The van der Waals surface area contributed by atoms with Crippen LogP contribution in [0, 0.1) is 38.5 Å². The van der Waals surface area contributed by atoms with Crippen LogP contribution in [0.1, 0.15) is 79.1 Å². The summed E-state index contributed by atoms with van der Waals surface area (Å²) < 4.78 is 0. The van der Waals surface area contributed by atoms with E-state index in [-0.39, 0.29) is 14.9 Å². The van der Waals surface area contributed by atoms with Crippen molar-refractivity contribution in [2.75, 3.05) is 0 Å². The molecule has 2 aliphatic rings. The molecule has 2 rings (SSSR count). The fourth-order valence-electron chi connectivity index (χ4n) is 3.25. The Labute approximate surface area is 154 Å². The van der Waals surface area contributed by atoms with Gasteiger partial charge in [0.15, 0.2) is 0 Å². The minimum atomic E-state index is -0.826. The molecule has 0 saturated heterocycles. The molecule has 0 aromatic carbocycles. The summed E-state index contributed by atoms with van der Waals surface area (Å²) >= 11 is -0.826. The molecule has 0 radical (unpaired) electrons. The molecule has 2 aliphatic carbocycles. The zero-order valence-corrected chi connectivity index (χ0v) is 19.2. The zero-order chi connectivity index (χ0) is 14.7. The van der Waals surface area contributed by atoms with E-state index in [9.17, 15) is 0 Å². The Balaban J connectivity index is -0.000000242. The van der Waals surface area contributed by atoms with Gasteiger partial charge in [-0.15, -0.1) is 0 Å². The van der Waals surface area contributed by atoms with Crippen LogP contribution in [0.2, 0.25) is 0 Å². The molecule has 3 heteroatoms. The first-order valence-corrected chi connectivity index (χ1v) is 14.3. The second-order valence-corrected chi connectivity index (χ2v) is 10.4. The predicted octanol–water partition coefficient (Wildman–Crippen LogP) is 7.94. The van der Waals surface area contributed by atoms with E-state index in [4.69, 9.17) is 17.0 Å². The molecule has 0 N–H and O–H groups in total. The average molecular weight is 417 g/mol. The van der Waals surface area contributed by atoms with Gasteiger partial charge in [-0.1, -0.05) is 79.1 Å². The van der Waals surface area contributed by atoms with E-state index >= 15 is 0 Å². The molecular formula is C18H38Cl2Zr. The van der Waals surface area contributed by atoms with Gasteiger partial charge >= 0.3 is 37.9 Å². The van der Waals surface area contributed by atoms with E-state index in [1.807, 2.05) is 0 Å². The van der Waals surface area contributed by atoms with Gasteiger partial charge in [-0.05, 0) is 23.7 Å². The fraction of sp³-hybridized carbons (Fsp3) is 0.889. The molecule has 0 aliphatic heterocycles. The van der Waals surface area contributed by atoms with E-state index in [1.165, 1.54) is 51.4 Å².